The lowest BCUT2D eigenvalue weighted by Crippen LogP contribution is -2.26. The number of nitrogens with one attached hydrogen (secondary N) is 2. The van der Waals surface area contributed by atoms with Gasteiger partial charge in [0, 0.05) is 28.1 Å². The van der Waals surface area contributed by atoms with Gasteiger partial charge >= 0.3 is 0 Å². The molecule has 4 rings (SSSR count). The summed E-state index contributed by atoms with van der Waals surface area (Å²) >= 11 is 3.55. The zero-order chi connectivity index (χ0) is 26.2. The number of nitrogens with zero attached hydrogens (tertiary/aromatic N) is 1. The minimum absolute atomic E-state index is 0.00973. The molecule has 0 aliphatic carbocycles. The van der Waals surface area contributed by atoms with Gasteiger partial charge in [0.15, 0.2) is 11.5 Å². The highest BCUT2D eigenvalue weighted by atomic mass is 79.9. The Bertz CT molecular complexity index is 1480. The number of rotatable bonds is 10. The van der Waals surface area contributed by atoms with Crippen LogP contribution in [0.5, 0.6) is 11.5 Å². The van der Waals surface area contributed by atoms with Crippen molar-refractivity contribution in [3.8, 4) is 17.6 Å². The molecule has 1 heterocycles. The second-order valence-corrected chi connectivity index (χ2v) is 9.42. The van der Waals surface area contributed by atoms with Crippen LogP contribution in [0, 0.1) is 18.3 Å². The van der Waals surface area contributed by atoms with Gasteiger partial charge in [0.05, 0.1) is 6.61 Å². The van der Waals surface area contributed by atoms with E-state index in [-0.39, 0.29) is 5.57 Å². The third-order valence-electron chi connectivity index (χ3n) is 5.86. The first-order chi connectivity index (χ1) is 18.0. The number of carbonyl (C=O) groups excluding carboxylic acids is 1. The highest BCUT2D eigenvalue weighted by Crippen LogP contribution is 2.35. The van der Waals surface area contributed by atoms with E-state index in [9.17, 15) is 10.1 Å². The summed E-state index contributed by atoms with van der Waals surface area (Å²) in [6.07, 6.45) is 4.16. The maximum absolute atomic E-state index is 12.8. The van der Waals surface area contributed by atoms with E-state index in [2.05, 4.69) is 32.3 Å². The Balaban J connectivity index is 1.46. The van der Waals surface area contributed by atoms with Crippen LogP contribution in [0.1, 0.15) is 29.2 Å². The smallest absolute Gasteiger partial charge is 0.261 e. The number of nitriles is 1. The first-order valence-electron chi connectivity index (χ1n) is 12.1. The van der Waals surface area contributed by atoms with E-state index in [0.29, 0.717) is 47.7 Å². The van der Waals surface area contributed by atoms with Gasteiger partial charge in [-0.05, 0) is 61.2 Å². The fourth-order valence-electron chi connectivity index (χ4n) is 4.05. The summed E-state index contributed by atoms with van der Waals surface area (Å²) in [4.78, 5) is 16.0. The third-order valence-corrected chi connectivity index (χ3v) is 6.55. The molecule has 4 aromatic rings. The molecule has 0 aliphatic heterocycles. The molecule has 1 amide bonds. The maximum Gasteiger partial charge on any atom is 0.261 e. The molecule has 0 aliphatic rings. The van der Waals surface area contributed by atoms with Gasteiger partial charge in [-0.1, -0.05) is 64.0 Å². The SMILES string of the molecule is CCOc1cc(/C=C(/C#N)C(=O)NCCc2c[nH]c3ccccc23)c(Br)cc1OCc1cccc(C)c1. The first-order valence-corrected chi connectivity index (χ1v) is 12.9. The summed E-state index contributed by atoms with van der Waals surface area (Å²) in [5.41, 5.74) is 5.05. The van der Waals surface area contributed by atoms with Gasteiger partial charge in [-0.3, -0.25) is 4.79 Å². The van der Waals surface area contributed by atoms with Crippen molar-refractivity contribution in [3.05, 3.63) is 99.2 Å². The molecule has 37 heavy (non-hydrogen) atoms. The molecular formula is C30H28BrN3O3. The van der Waals surface area contributed by atoms with Crippen molar-refractivity contribution in [2.24, 2.45) is 0 Å². The van der Waals surface area contributed by atoms with Crippen LogP contribution in [-0.2, 0) is 17.8 Å². The Morgan fingerprint density at radius 3 is 2.70 bits per heavy atom. The molecule has 0 fully saturated rings. The monoisotopic (exact) mass is 557 g/mol. The number of para-hydroxylation sites is 1. The molecule has 1 aromatic heterocycles. The minimum atomic E-state index is -0.424. The van der Waals surface area contributed by atoms with E-state index in [0.717, 1.165) is 27.6 Å². The van der Waals surface area contributed by atoms with Crippen LogP contribution in [0.15, 0.2) is 76.9 Å². The molecule has 3 aromatic carbocycles. The van der Waals surface area contributed by atoms with Crippen LogP contribution < -0.4 is 14.8 Å². The van der Waals surface area contributed by atoms with Gasteiger partial charge in [-0.2, -0.15) is 5.26 Å². The van der Waals surface area contributed by atoms with E-state index in [4.69, 9.17) is 9.47 Å². The number of carbonyl (C=O) groups is 1. The van der Waals surface area contributed by atoms with Crippen molar-refractivity contribution in [2.75, 3.05) is 13.2 Å². The van der Waals surface area contributed by atoms with Crippen molar-refractivity contribution in [1.29, 1.82) is 5.26 Å². The number of fused-ring (bicyclic) bond motifs is 1. The molecule has 0 unspecified atom stereocenters. The van der Waals surface area contributed by atoms with Crippen LogP contribution in [0.2, 0.25) is 0 Å². The van der Waals surface area contributed by atoms with Gasteiger partial charge < -0.3 is 19.8 Å². The number of hydrogen-bond donors (Lipinski definition) is 2. The first kappa shape index (κ1) is 26.1. The number of hydrogen-bond acceptors (Lipinski definition) is 4. The number of H-pyrrole nitrogens is 1. The number of benzene rings is 3. The third kappa shape index (κ3) is 6.60. The van der Waals surface area contributed by atoms with Gasteiger partial charge in [-0.15, -0.1) is 0 Å². The lowest BCUT2D eigenvalue weighted by molar-refractivity contribution is -0.117. The van der Waals surface area contributed by atoms with Gasteiger partial charge in [-0.25, -0.2) is 0 Å². The molecule has 0 saturated carbocycles. The number of aromatic amines is 1. The molecule has 7 heteroatoms. The number of amides is 1. The molecule has 0 saturated heterocycles. The zero-order valence-electron chi connectivity index (χ0n) is 20.8. The second-order valence-electron chi connectivity index (χ2n) is 8.57. The number of aromatic nitrogens is 1. The second kappa shape index (κ2) is 12.3. The highest BCUT2D eigenvalue weighted by Gasteiger charge is 2.14. The topological polar surface area (TPSA) is 87.1 Å². The minimum Gasteiger partial charge on any atom is -0.490 e. The molecule has 0 radical (unpaired) electrons. The zero-order valence-corrected chi connectivity index (χ0v) is 22.4. The lowest BCUT2D eigenvalue weighted by atomic mass is 10.1. The quantitative estimate of drug-likeness (QED) is 0.172. The Hall–Kier alpha value is -4.02. The molecule has 6 nitrogen and oxygen atoms in total. The standard InChI is InChI=1S/C30H28BrN3O3/c1-3-36-28-15-23(26(31)16-29(28)37-19-21-8-6-7-20(2)13-21)14-24(17-32)30(35)33-12-11-22-18-34-27-10-5-4-9-25(22)27/h4-10,13-16,18,34H,3,11-12,19H2,1-2H3,(H,33,35)/b24-14-. The summed E-state index contributed by atoms with van der Waals surface area (Å²) in [5, 5.41) is 13.7. The Kier molecular flexibility index (Phi) is 8.65. The fraction of sp³-hybridized carbons (Fsp3) is 0.200. The molecule has 0 atom stereocenters. The van der Waals surface area contributed by atoms with Crippen molar-refractivity contribution in [2.45, 2.75) is 26.9 Å². The van der Waals surface area contributed by atoms with Gasteiger partial charge in [0.1, 0.15) is 18.2 Å². The number of aryl methyl sites for hydroxylation is 1. The van der Waals surface area contributed by atoms with Crippen molar-refractivity contribution < 1.29 is 14.3 Å². The van der Waals surface area contributed by atoms with E-state index in [1.54, 1.807) is 18.2 Å². The molecule has 0 spiro atoms. The fourth-order valence-corrected chi connectivity index (χ4v) is 4.49. The average Bonchev–Trinajstić information content (AvgIpc) is 3.31. The van der Waals surface area contributed by atoms with Crippen molar-refractivity contribution >= 4 is 38.8 Å². The summed E-state index contributed by atoms with van der Waals surface area (Å²) in [6.45, 7) is 5.19. The van der Waals surface area contributed by atoms with Crippen LogP contribution in [0.25, 0.3) is 17.0 Å². The summed E-state index contributed by atoms with van der Waals surface area (Å²) in [7, 11) is 0. The number of halogens is 1. The molecule has 188 valence electrons. The summed E-state index contributed by atoms with van der Waals surface area (Å²) < 4.78 is 12.5. The Morgan fingerprint density at radius 1 is 1.11 bits per heavy atom. The predicted octanol–water partition coefficient (Wildman–Crippen LogP) is 6.48. The number of ether oxygens (including phenoxy) is 2. The van der Waals surface area contributed by atoms with E-state index in [1.165, 1.54) is 0 Å². The lowest BCUT2D eigenvalue weighted by Gasteiger charge is -2.14. The maximum atomic E-state index is 12.8. The Labute approximate surface area is 225 Å². The highest BCUT2D eigenvalue weighted by molar-refractivity contribution is 9.10. The van der Waals surface area contributed by atoms with Crippen molar-refractivity contribution in [1.82, 2.24) is 10.3 Å². The van der Waals surface area contributed by atoms with Crippen LogP contribution >= 0.6 is 15.9 Å². The predicted molar refractivity (Wildman–Crippen MR) is 149 cm³/mol. The van der Waals surface area contributed by atoms with Crippen LogP contribution in [0.4, 0.5) is 0 Å². The van der Waals surface area contributed by atoms with Crippen LogP contribution in [-0.4, -0.2) is 24.0 Å². The average molecular weight is 558 g/mol. The van der Waals surface area contributed by atoms with Crippen molar-refractivity contribution in [3.63, 3.8) is 0 Å². The van der Waals surface area contributed by atoms with Gasteiger partial charge in [0.2, 0.25) is 0 Å². The largest absolute Gasteiger partial charge is 0.490 e. The normalized spacial score (nSPS) is 11.2. The molecular weight excluding hydrogens is 530 g/mol. The summed E-state index contributed by atoms with van der Waals surface area (Å²) in [6, 6.07) is 21.7. The van der Waals surface area contributed by atoms with E-state index in [1.807, 2.05) is 68.6 Å². The molecule has 0 bridgehead atoms. The van der Waals surface area contributed by atoms with Crippen LogP contribution in [0.3, 0.4) is 0 Å². The molecule has 2 N–H and O–H groups in total. The Morgan fingerprint density at radius 2 is 1.92 bits per heavy atom. The van der Waals surface area contributed by atoms with E-state index < -0.39 is 5.91 Å². The van der Waals surface area contributed by atoms with E-state index >= 15 is 0 Å². The summed E-state index contributed by atoms with van der Waals surface area (Å²) in [5.74, 6) is 0.697. The van der Waals surface area contributed by atoms with Gasteiger partial charge in [0.25, 0.3) is 5.91 Å².